The lowest BCUT2D eigenvalue weighted by molar-refractivity contribution is 1.23. The maximum atomic E-state index is 2.35. The van der Waals surface area contributed by atoms with E-state index in [9.17, 15) is 0 Å². The average molecular weight is 418 g/mol. The minimum atomic E-state index is -1.51. The Bertz CT molecular complexity index is 869. The summed E-state index contributed by atoms with van der Waals surface area (Å²) in [6.45, 7) is 0. The Balaban J connectivity index is 0.00000240. The lowest BCUT2D eigenvalue weighted by atomic mass is 10.2. The molecule has 0 aliphatic rings. The molecule has 4 aromatic rings. The fourth-order valence-electron chi connectivity index (χ4n) is 3.98. The van der Waals surface area contributed by atoms with Gasteiger partial charge in [0.2, 0.25) is 0 Å². The molecule has 0 nitrogen and oxygen atoms in total. The zero-order chi connectivity index (χ0) is 19.1. The molecule has 0 bridgehead atoms. The highest BCUT2D eigenvalue weighted by Crippen LogP contribution is 2.65. The van der Waals surface area contributed by atoms with Crippen LogP contribution in [0.3, 0.4) is 0 Å². The second-order valence-corrected chi connectivity index (χ2v) is 11.2. The molecule has 0 fully saturated rings. The third kappa shape index (κ3) is 5.57. The van der Waals surface area contributed by atoms with Gasteiger partial charge in [-0.3, -0.25) is 0 Å². The number of hydrogen-bond donors (Lipinski definition) is 0. The molecule has 2 heteroatoms. The predicted octanol–water partition coefficient (Wildman–Crippen LogP) is 7.35. The Kier molecular flexibility index (Phi) is 7.64. The summed E-state index contributed by atoms with van der Waals surface area (Å²) in [6, 6.07) is 44.3. The van der Waals surface area contributed by atoms with E-state index in [4.69, 9.17) is 0 Å². The van der Waals surface area contributed by atoms with E-state index in [0.29, 0.717) is 0 Å². The second kappa shape index (κ2) is 10.4. The highest BCUT2D eigenvalue weighted by molar-refractivity contribution is 7.80. The molecule has 4 aromatic carbocycles. The van der Waals surface area contributed by atoms with Crippen molar-refractivity contribution in [1.29, 1.82) is 0 Å². The lowest BCUT2D eigenvalue weighted by Gasteiger charge is -2.38. The van der Waals surface area contributed by atoms with Gasteiger partial charge in [-0.1, -0.05) is 129 Å². The van der Waals surface area contributed by atoms with Crippen LogP contribution in [0.5, 0.6) is 0 Å². The topological polar surface area (TPSA) is 0 Å². The van der Waals surface area contributed by atoms with Crippen LogP contribution < -0.4 is 5.30 Å². The van der Waals surface area contributed by atoms with Crippen molar-refractivity contribution in [2.24, 2.45) is 0 Å². The first kappa shape index (κ1) is 21.3. The average Bonchev–Trinajstić information content (AvgIpc) is 2.76. The van der Waals surface area contributed by atoms with Crippen LogP contribution in [0.15, 0.2) is 121 Å². The van der Waals surface area contributed by atoms with Gasteiger partial charge in [0, 0.05) is 0 Å². The molecule has 0 unspecified atom stereocenters. The van der Waals surface area contributed by atoms with E-state index in [0.717, 1.165) is 18.5 Å². The van der Waals surface area contributed by atoms with Crippen molar-refractivity contribution in [2.75, 3.05) is 0 Å². The smallest absolute Gasteiger partial charge is 0.00629 e. The van der Waals surface area contributed by atoms with Crippen LogP contribution in [0.4, 0.5) is 0 Å². The quantitative estimate of drug-likeness (QED) is 0.276. The summed E-state index contributed by atoms with van der Waals surface area (Å²) in [7, 11) is -1.51. The molecule has 0 heterocycles. The minimum Gasteiger partial charge on any atom is -0.147 e. The van der Waals surface area contributed by atoms with E-state index in [1.54, 1.807) is 0 Å². The van der Waals surface area contributed by atoms with Crippen LogP contribution >= 0.6 is 19.7 Å². The molecule has 29 heavy (non-hydrogen) atoms. The summed E-state index contributed by atoms with van der Waals surface area (Å²) < 4.78 is 0. The van der Waals surface area contributed by atoms with Gasteiger partial charge in [-0.2, -0.15) is 0 Å². The van der Waals surface area contributed by atoms with Crippen molar-refractivity contribution in [3.05, 3.63) is 138 Å². The van der Waals surface area contributed by atoms with Gasteiger partial charge in [-0.25, -0.2) is 0 Å². The maximum absolute atomic E-state index is 2.35. The molecule has 147 valence electrons. The molecule has 0 saturated heterocycles. The van der Waals surface area contributed by atoms with Crippen molar-refractivity contribution in [3.63, 3.8) is 0 Å². The lowest BCUT2D eigenvalue weighted by Crippen LogP contribution is -2.17. The molecule has 0 aromatic heterocycles. The predicted molar refractivity (Wildman–Crippen MR) is 131 cm³/mol. The highest BCUT2D eigenvalue weighted by atomic mass is 35.5. The maximum Gasteiger partial charge on any atom is -0.00629 e. The molecule has 4 rings (SSSR count). The first-order chi connectivity index (χ1) is 13.8. The fraction of sp³-hybridized carbons (Fsp3) is 0.111. The van der Waals surface area contributed by atoms with Crippen LogP contribution in [0.2, 0.25) is 0 Å². The molecule has 0 aliphatic heterocycles. The first-order valence-electron chi connectivity index (χ1n) is 9.88. The van der Waals surface area contributed by atoms with Crippen molar-refractivity contribution in [3.8, 4) is 0 Å². The van der Waals surface area contributed by atoms with Gasteiger partial charge in [0.15, 0.2) is 0 Å². The third-order valence-electron chi connectivity index (χ3n) is 5.29. The molecule has 0 saturated carbocycles. The van der Waals surface area contributed by atoms with Crippen LogP contribution in [-0.2, 0) is 18.5 Å². The third-order valence-corrected chi connectivity index (χ3v) is 9.59. The Morgan fingerprint density at radius 3 is 0.966 bits per heavy atom. The zero-order valence-corrected chi connectivity index (χ0v) is 18.2. The van der Waals surface area contributed by atoms with E-state index in [2.05, 4.69) is 121 Å². The Morgan fingerprint density at radius 2 is 0.655 bits per heavy atom. The summed E-state index contributed by atoms with van der Waals surface area (Å²) >= 11 is 0. The van der Waals surface area contributed by atoms with Crippen molar-refractivity contribution >= 4 is 25.0 Å². The van der Waals surface area contributed by atoms with Crippen LogP contribution in [0, 0.1) is 0 Å². The number of hydrogen-bond acceptors (Lipinski definition) is 0. The summed E-state index contributed by atoms with van der Waals surface area (Å²) in [6.07, 6.45) is 3.38. The van der Waals surface area contributed by atoms with Gasteiger partial charge in [-0.15, -0.1) is 12.4 Å². The van der Waals surface area contributed by atoms with Gasteiger partial charge in [0.25, 0.3) is 0 Å². The highest BCUT2D eigenvalue weighted by Gasteiger charge is 2.30. The normalized spacial score (nSPS) is 10.9. The molecule has 0 amide bonds. The summed E-state index contributed by atoms with van der Waals surface area (Å²) in [4.78, 5) is 0. The Labute approximate surface area is 181 Å². The Hall–Kier alpha value is -2.40. The van der Waals surface area contributed by atoms with Crippen molar-refractivity contribution in [2.45, 2.75) is 18.5 Å². The van der Waals surface area contributed by atoms with Crippen LogP contribution in [0.25, 0.3) is 0 Å². The minimum absolute atomic E-state index is 0. The standard InChI is InChI=1S/C27H26P.ClH/c1-5-13-24(14-6-1)21-28(27-19-11-4-12-20-27,22-25-15-7-2-8-16-25)23-26-17-9-3-10-18-26;/h1-20H,21-23H2;1H. The van der Waals surface area contributed by atoms with Crippen molar-refractivity contribution in [1.82, 2.24) is 0 Å². The second-order valence-electron chi connectivity index (χ2n) is 7.41. The van der Waals surface area contributed by atoms with E-state index >= 15 is 0 Å². The molecule has 0 N–H and O–H groups in total. The van der Waals surface area contributed by atoms with Gasteiger partial charge >= 0.3 is 0 Å². The summed E-state index contributed by atoms with van der Waals surface area (Å²) in [5.74, 6) is 0. The van der Waals surface area contributed by atoms with E-state index in [1.807, 2.05) is 0 Å². The van der Waals surface area contributed by atoms with Gasteiger partial charge in [-0.05, 0) is 40.5 Å². The molecule has 0 aliphatic carbocycles. The van der Waals surface area contributed by atoms with Crippen LogP contribution in [0.1, 0.15) is 16.7 Å². The van der Waals surface area contributed by atoms with E-state index in [1.165, 1.54) is 22.0 Å². The fourth-order valence-corrected chi connectivity index (χ4v) is 8.40. The van der Waals surface area contributed by atoms with E-state index in [-0.39, 0.29) is 12.4 Å². The zero-order valence-electron chi connectivity index (χ0n) is 16.5. The number of halogens is 1. The van der Waals surface area contributed by atoms with Crippen LogP contribution in [-0.4, -0.2) is 0 Å². The van der Waals surface area contributed by atoms with Gasteiger partial charge < -0.3 is 0 Å². The SMILES string of the molecule is Cl.c1ccc(C[P](Cc2ccccc2)(Cc2ccccc2)c2ccccc2)cc1. The number of benzene rings is 4. The molecular weight excluding hydrogens is 391 g/mol. The molecule has 0 atom stereocenters. The van der Waals surface area contributed by atoms with Crippen molar-refractivity contribution < 1.29 is 0 Å². The summed E-state index contributed by atoms with van der Waals surface area (Å²) in [5, 5.41) is 1.52. The first-order valence-corrected chi connectivity index (χ1v) is 12.2. The largest absolute Gasteiger partial charge is 0.147 e. The monoisotopic (exact) mass is 417 g/mol. The van der Waals surface area contributed by atoms with Gasteiger partial charge in [0.05, 0.1) is 0 Å². The molecular formula is C27H27ClP. The Morgan fingerprint density at radius 1 is 0.379 bits per heavy atom. The molecule has 0 spiro atoms. The molecule has 1 radical (unpaired) electrons. The van der Waals surface area contributed by atoms with Gasteiger partial charge in [0.1, 0.15) is 0 Å². The summed E-state index contributed by atoms with van der Waals surface area (Å²) in [5.41, 5.74) is 4.31. The number of rotatable bonds is 7. The van der Waals surface area contributed by atoms with E-state index < -0.39 is 7.26 Å².